The zero-order valence-corrected chi connectivity index (χ0v) is 19.3. The fraction of sp³-hybridized carbons (Fsp3) is 0.586. The van der Waals surface area contributed by atoms with Gasteiger partial charge < -0.3 is 10.2 Å². The Morgan fingerprint density at radius 3 is 1.52 bits per heavy atom. The van der Waals surface area contributed by atoms with Gasteiger partial charge in [-0.15, -0.1) is 0 Å². The summed E-state index contributed by atoms with van der Waals surface area (Å²) in [6, 6.07) is 21.3. The van der Waals surface area contributed by atoms with Gasteiger partial charge in [0.25, 0.3) is 0 Å². The molecule has 6 atom stereocenters. The number of aliphatic hydroxyl groups excluding tert-OH is 2. The van der Waals surface area contributed by atoms with Crippen molar-refractivity contribution < 1.29 is 10.2 Å². The van der Waals surface area contributed by atoms with E-state index in [1.54, 1.807) is 0 Å². The molecule has 2 aliphatic carbocycles. The summed E-state index contributed by atoms with van der Waals surface area (Å²) < 4.78 is 0. The van der Waals surface area contributed by atoms with Crippen LogP contribution in [-0.4, -0.2) is 22.4 Å². The van der Waals surface area contributed by atoms with Gasteiger partial charge in [-0.3, -0.25) is 0 Å². The van der Waals surface area contributed by atoms with Crippen molar-refractivity contribution >= 4 is 0 Å². The van der Waals surface area contributed by atoms with Crippen LogP contribution in [0.15, 0.2) is 60.7 Å². The third-order valence-electron chi connectivity index (χ3n) is 8.74. The number of hydrogen-bond donors (Lipinski definition) is 2. The standard InChI is InChI=1S/C29H40O2/c1-3-18-29(2,23-14-16-27(30)25(19-23)21-10-6-4-7-11-21)24-15-17-28(31)26(20-24)22-12-8-5-9-13-22/h4-13,23-28,30-31H,3,14-20H2,1-2H3. The monoisotopic (exact) mass is 420 g/mol. The van der Waals surface area contributed by atoms with Gasteiger partial charge in [0.2, 0.25) is 0 Å². The molecule has 2 aromatic carbocycles. The van der Waals surface area contributed by atoms with E-state index in [-0.39, 0.29) is 29.5 Å². The molecule has 2 N–H and O–H groups in total. The quantitative estimate of drug-likeness (QED) is 0.547. The molecule has 2 nitrogen and oxygen atoms in total. The van der Waals surface area contributed by atoms with Gasteiger partial charge in [0.1, 0.15) is 0 Å². The van der Waals surface area contributed by atoms with E-state index < -0.39 is 0 Å². The summed E-state index contributed by atoms with van der Waals surface area (Å²) in [6.07, 6.45) is 8.18. The third-order valence-corrected chi connectivity index (χ3v) is 8.74. The molecular formula is C29H40O2. The van der Waals surface area contributed by atoms with Crippen LogP contribution in [0.4, 0.5) is 0 Å². The Morgan fingerprint density at radius 1 is 0.710 bits per heavy atom. The van der Waals surface area contributed by atoms with E-state index in [0.717, 1.165) is 38.5 Å². The average Bonchev–Trinajstić information content (AvgIpc) is 2.81. The molecule has 6 unspecified atom stereocenters. The van der Waals surface area contributed by atoms with Crippen LogP contribution in [0.3, 0.4) is 0 Å². The van der Waals surface area contributed by atoms with Crippen LogP contribution < -0.4 is 0 Å². The molecule has 0 bridgehead atoms. The van der Waals surface area contributed by atoms with Crippen LogP contribution in [0.5, 0.6) is 0 Å². The molecular weight excluding hydrogens is 380 g/mol. The Labute approximate surface area is 188 Å². The second kappa shape index (κ2) is 9.88. The summed E-state index contributed by atoms with van der Waals surface area (Å²) >= 11 is 0. The maximum atomic E-state index is 10.8. The van der Waals surface area contributed by atoms with E-state index in [2.05, 4.69) is 74.5 Å². The Bertz CT molecular complexity index is 739. The SMILES string of the molecule is CCCC(C)(C1CCC(O)C(c2ccccc2)C1)C1CCC(O)C(c2ccccc2)C1. The molecule has 4 rings (SSSR count). The van der Waals surface area contributed by atoms with Crippen LogP contribution in [0.25, 0.3) is 0 Å². The highest BCUT2D eigenvalue weighted by Crippen LogP contribution is 2.55. The minimum Gasteiger partial charge on any atom is -0.392 e. The van der Waals surface area contributed by atoms with E-state index in [0.29, 0.717) is 11.8 Å². The zero-order chi connectivity index (χ0) is 21.8. The lowest BCUT2D eigenvalue weighted by molar-refractivity contribution is -0.0293. The molecule has 2 saturated carbocycles. The first-order valence-electron chi connectivity index (χ1n) is 12.5. The lowest BCUT2D eigenvalue weighted by atomic mass is 9.55. The van der Waals surface area contributed by atoms with Gasteiger partial charge in [-0.25, -0.2) is 0 Å². The van der Waals surface area contributed by atoms with Gasteiger partial charge in [-0.1, -0.05) is 80.9 Å². The van der Waals surface area contributed by atoms with Gasteiger partial charge >= 0.3 is 0 Å². The minimum atomic E-state index is -0.227. The maximum Gasteiger partial charge on any atom is 0.0608 e. The van der Waals surface area contributed by atoms with Gasteiger partial charge in [0.05, 0.1) is 12.2 Å². The number of rotatable bonds is 6. The number of aliphatic hydroxyl groups is 2. The molecule has 0 aliphatic heterocycles. The Morgan fingerprint density at radius 2 is 1.13 bits per heavy atom. The predicted molar refractivity (Wildman–Crippen MR) is 128 cm³/mol. The van der Waals surface area contributed by atoms with Gasteiger partial charge in [-0.05, 0) is 73.3 Å². The van der Waals surface area contributed by atoms with Crippen molar-refractivity contribution in [3.8, 4) is 0 Å². The van der Waals surface area contributed by atoms with Crippen molar-refractivity contribution in [2.24, 2.45) is 17.3 Å². The van der Waals surface area contributed by atoms with Crippen molar-refractivity contribution in [1.82, 2.24) is 0 Å². The van der Waals surface area contributed by atoms with Crippen LogP contribution in [0.2, 0.25) is 0 Å². The summed E-state index contributed by atoms with van der Waals surface area (Å²) in [6.45, 7) is 4.85. The highest BCUT2D eigenvalue weighted by molar-refractivity contribution is 5.23. The second-order valence-electron chi connectivity index (χ2n) is 10.4. The van der Waals surface area contributed by atoms with E-state index in [9.17, 15) is 10.2 Å². The molecule has 2 aliphatic rings. The molecule has 31 heavy (non-hydrogen) atoms. The first kappa shape index (κ1) is 22.6. The van der Waals surface area contributed by atoms with E-state index in [1.807, 2.05) is 0 Å². The molecule has 2 heteroatoms. The highest BCUT2D eigenvalue weighted by atomic mass is 16.3. The number of hydrogen-bond acceptors (Lipinski definition) is 2. The first-order chi connectivity index (χ1) is 15.0. The van der Waals surface area contributed by atoms with Crippen molar-refractivity contribution in [3.05, 3.63) is 71.8 Å². The molecule has 0 aromatic heterocycles. The molecule has 0 radical (unpaired) electrons. The highest BCUT2D eigenvalue weighted by Gasteiger charge is 2.47. The predicted octanol–water partition coefficient (Wildman–Crippen LogP) is 6.68. The molecule has 0 spiro atoms. The van der Waals surface area contributed by atoms with Gasteiger partial charge in [-0.2, -0.15) is 0 Å². The number of benzene rings is 2. The topological polar surface area (TPSA) is 40.5 Å². The molecule has 0 saturated heterocycles. The lowest BCUT2D eigenvalue weighted by Gasteiger charge is -2.51. The van der Waals surface area contributed by atoms with Crippen LogP contribution >= 0.6 is 0 Å². The smallest absolute Gasteiger partial charge is 0.0608 e. The molecule has 0 amide bonds. The summed E-state index contributed by atoms with van der Waals surface area (Å²) in [5.41, 5.74) is 2.84. The van der Waals surface area contributed by atoms with Crippen LogP contribution in [-0.2, 0) is 0 Å². The molecule has 0 heterocycles. The summed E-state index contributed by atoms with van der Waals surface area (Å²) in [4.78, 5) is 0. The van der Waals surface area contributed by atoms with Gasteiger partial charge in [0, 0.05) is 11.8 Å². The Balaban J connectivity index is 1.57. The minimum absolute atomic E-state index is 0.227. The molecule has 2 aromatic rings. The van der Waals surface area contributed by atoms with Crippen molar-refractivity contribution in [2.45, 2.75) is 89.3 Å². The van der Waals surface area contributed by atoms with Gasteiger partial charge in [0.15, 0.2) is 0 Å². The Kier molecular flexibility index (Phi) is 7.19. The second-order valence-corrected chi connectivity index (χ2v) is 10.4. The van der Waals surface area contributed by atoms with Crippen LogP contribution in [0.1, 0.15) is 88.2 Å². The normalized spacial score (nSPS) is 33.5. The van der Waals surface area contributed by atoms with Crippen molar-refractivity contribution in [2.75, 3.05) is 0 Å². The largest absolute Gasteiger partial charge is 0.392 e. The van der Waals surface area contributed by atoms with Crippen molar-refractivity contribution in [1.29, 1.82) is 0 Å². The maximum absolute atomic E-state index is 10.8. The van der Waals surface area contributed by atoms with Crippen LogP contribution in [0, 0.1) is 17.3 Å². The average molecular weight is 421 g/mol. The fourth-order valence-corrected chi connectivity index (χ4v) is 6.90. The van der Waals surface area contributed by atoms with E-state index in [1.165, 1.54) is 24.0 Å². The molecule has 168 valence electrons. The third kappa shape index (κ3) is 4.76. The zero-order valence-electron chi connectivity index (χ0n) is 19.3. The lowest BCUT2D eigenvalue weighted by Crippen LogP contribution is -2.44. The molecule has 2 fully saturated rings. The first-order valence-corrected chi connectivity index (χ1v) is 12.5. The van der Waals surface area contributed by atoms with E-state index >= 15 is 0 Å². The van der Waals surface area contributed by atoms with Crippen molar-refractivity contribution in [3.63, 3.8) is 0 Å². The fourth-order valence-electron chi connectivity index (χ4n) is 6.90. The summed E-state index contributed by atoms with van der Waals surface area (Å²) in [5.74, 6) is 1.74. The summed E-state index contributed by atoms with van der Waals surface area (Å²) in [7, 11) is 0. The van der Waals surface area contributed by atoms with E-state index in [4.69, 9.17) is 0 Å². The summed E-state index contributed by atoms with van der Waals surface area (Å²) in [5, 5.41) is 21.7. The Hall–Kier alpha value is -1.64.